The third-order valence-electron chi connectivity index (χ3n) is 7.12. The summed E-state index contributed by atoms with van der Waals surface area (Å²) in [4.78, 5) is 0. The number of unbranched alkanes of at least 4 members (excludes halogenated alkanes) is 3. The van der Waals surface area contributed by atoms with Crippen molar-refractivity contribution in [1.82, 2.24) is 0 Å². The third kappa shape index (κ3) is 14.7. The molecule has 0 N–H and O–H groups in total. The number of hydrogen-bond acceptors (Lipinski definition) is 0. The van der Waals surface area contributed by atoms with Crippen LogP contribution < -0.4 is 0 Å². The van der Waals surface area contributed by atoms with E-state index < -0.39 is 0 Å². The normalized spacial score (nSPS) is 16.0. The molecular weight excluding hydrogens is 336 g/mol. The van der Waals surface area contributed by atoms with Crippen molar-refractivity contribution in [3.63, 3.8) is 0 Å². The van der Waals surface area contributed by atoms with Crippen LogP contribution in [0.4, 0.5) is 0 Å². The highest BCUT2D eigenvalue weighted by molar-refractivity contribution is 4.98. The molecule has 28 heavy (non-hydrogen) atoms. The van der Waals surface area contributed by atoms with Crippen LogP contribution in [0.3, 0.4) is 0 Å². The van der Waals surface area contributed by atoms with E-state index >= 15 is 0 Å². The Morgan fingerprint density at radius 3 is 1.86 bits per heavy atom. The van der Waals surface area contributed by atoms with E-state index in [9.17, 15) is 0 Å². The molecule has 0 aromatic rings. The fourth-order valence-electron chi connectivity index (χ4n) is 4.31. The highest BCUT2D eigenvalue weighted by Crippen LogP contribution is 2.33. The molecule has 0 amide bonds. The van der Waals surface area contributed by atoms with E-state index in [1.807, 2.05) is 0 Å². The Morgan fingerprint density at radius 1 is 0.714 bits per heavy atom. The number of rotatable bonds is 18. The van der Waals surface area contributed by atoms with Gasteiger partial charge < -0.3 is 0 Å². The first kappa shape index (κ1) is 27.7. The zero-order valence-corrected chi connectivity index (χ0v) is 21.2. The Kier molecular flexibility index (Phi) is 16.4. The molecule has 168 valence electrons. The molecule has 0 aliphatic rings. The maximum atomic E-state index is 2.52. The van der Waals surface area contributed by atoms with Crippen LogP contribution in [-0.2, 0) is 0 Å². The fraction of sp³-hybridized carbons (Fsp3) is 0.929. The van der Waals surface area contributed by atoms with E-state index in [2.05, 4.69) is 67.5 Å². The lowest BCUT2D eigenvalue weighted by atomic mass is 9.76. The Morgan fingerprint density at radius 2 is 1.29 bits per heavy atom. The summed E-state index contributed by atoms with van der Waals surface area (Å²) < 4.78 is 0. The number of allylic oxidation sites excluding steroid dienone is 2. The molecule has 0 spiro atoms. The van der Waals surface area contributed by atoms with Gasteiger partial charge in [0.25, 0.3) is 0 Å². The van der Waals surface area contributed by atoms with Gasteiger partial charge in [-0.15, -0.1) is 0 Å². The first-order chi connectivity index (χ1) is 13.2. The molecule has 0 rings (SSSR count). The van der Waals surface area contributed by atoms with Gasteiger partial charge in [0, 0.05) is 0 Å². The Hall–Kier alpha value is -0.260. The van der Waals surface area contributed by atoms with Gasteiger partial charge in [-0.25, -0.2) is 0 Å². The van der Waals surface area contributed by atoms with Gasteiger partial charge >= 0.3 is 0 Å². The van der Waals surface area contributed by atoms with Crippen LogP contribution in [0.2, 0.25) is 0 Å². The molecule has 0 fully saturated rings. The SMILES string of the molecule is CCCC(CC)CC=CC(C)(C)C(C)CCCCC(C)CCCCCC(C)C. The first-order valence-electron chi connectivity index (χ1n) is 12.9. The van der Waals surface area contributed by atoms with E-state index in [4.69, 9.17) is 0 Å². The molecule has 0 aliphatic carbocycles. The first-order valence-corrected chi connectivity index (χ1v) is 12.9. The summed E-state index contributed by atoms with van der Waals surface area (Å²) in [6, 6.07) is 0. The highest BCUT2D eigenvalue weighted by Gasteiger charge is 2.22. The third-order valence-corrected chi connectivity index (χ3v) is 7.12. The van der Waals surface area contributed by atoms with Crippen molar-refractivity contribution >= 4 is 0 Å². The average molecular weight is 393 g/mol. The highest BCUT2D eigenvalue weighted by atomic mass is 14.3. The van der Waals surface area contributed by atoms with Crippen LogP contribution in [0.25, 0.3) is 0 Å². The predicted molar refractivity (Wildman–Crippen MR) is 131 cm³/mol. The molecule has 0 saturated carbocycles. The van der Waals surface area contributed by atoms with Gasteiger partial charge in [-0.05, 0) is 41.9 Å². The average Bonchev–Trinajstić information content (AvgIpc) is 2.63. The van der Waals surface area contributed by atoms with Gasteiger partial charge in [-0.3, -0.25) is 0 Å². The van der Waals surface area contributed by atoms with Crippen LogP contribution in [0.15, 0.2) is 12.2 Å². The second-order valence-corrected chi connectivity index (χ2v) is 10.8. The second kappa shape index (κ2) is 16.5. The Balaban J connectivity index is 3.94. The molecule has 0 aromatic heterocycles. The van der Waals surface area contributed by atoms with E-state index in [-0.39, 0.29) is 0 Å². The lowest BCUT2D eigenvalue weighted by Crippen LogP contribution is -2.19. The molecule has 3 atom stereocenters. The lowest BCUT2D eigenvalue weighted by molar-refractivity contribution is 0.277. The van der Waals surface area contributed by atoms with E-state index in [1.165, 1.54) is 83.5 Å². The molecule has 0 heterocycles. The van der Waals surface area contributed by atoms with Crippen molar-refractivity contribution in [3.8, 4) is 0 Å². The largest absolute Gasteiger partial charge is 0.0877 e. The molecule has 3 unspecified atom stereocenters. The Bertz CT molecular complexity index is 362. The van der Waals surface area contributed by atoms with Crippen molar-refractivity contribution in [2.45, 2.75) is 139 Å². The van der Waals surface area contributed by atoms with Gasteiger partial charge in [0.15, 0.2) is 0 Å². The van der Waals surface area contributed by atoms with Gasteiger partial charge in [0.2, 0.25) is 0 Å². The van der Waals surface area contributed by atoms with Crippen molar-refractivity contribution in [2.75, 3.05) is 0 Å². The summed E-state index contributed by atoms with van der Waals surface area (Å²) in [6.45, 7) is 19.2. The summed E-state index contributed by atoms with van der Waals surface area (Å²) in [5, 5.41) is 0. The van der Waals surface area contributed by atoms with E-state index in [0.29, 0.717) is 5.41 Å². The molecule has 0 aromatic carbocycles. The van der Waals surface area contributed by atoms with Gasteiger partial charge in [0.1, 0.15) is 0 Å². The molecule has 0 saturated heterocycles. The summed E-state index contributed by atoms with van der Waals surface area (Å²) in [7, 11) is 0. The summed E-state index contributed by atoms with van der Waals surface area (Å²) >= 11 is 0. The molecule has 0 radical (unpaired) electrons. The fourth-order valence-corrected chi connectivity index (χ4v) is 4.31. The van der Waals surface area contributed by atoms with Crippen LogP contribution in [0.5, 0.6) is 0 Å². The van der Waals surface area contributed by atoms with Crippen molar-refractivity contribution < 1.29 is 0 Å². The minimum absolute atomic E-state index is 0.340. The van der Waals surface area contributed by atoms with Crippen molar-refractivity contribution in [1.29, 1.82) is 0 Å². The van der Waals surface area contributed by atoms with Crippen molar-refractivity contribution in [2.24, 2.45) is 29.1 Å². The van der Waals surface area contributed by atoms with Gasteiger partial charge in [0.05, 0.1) is 0 Å². The topological polar surface area (TPSA) is 0 Å². The van der Waals surface area contributed by atoms with Crippen LogP contribution in [0, 0.1) is 29.1 Å². The van der Waals surface area contributed by atoms with E-state index in [1.54, 1.807) is 0 Å². The summed E-state index contributed by atoms with van der Waals surface area (Å²) in [6.07, 6.45) is 23.1. The molecule has 0 nitrogen and oxygen atoms in total. The number of hydrogen-bond donors (Lipinski definition) is 0. The smallest absolute Gasteiger partial charge is 0.0149 e. The summed E-state index contributed by atoms with van der Waals surface area (Å²) in [5.74, 6) is 3.47. The predicted octanol–water partition coefficient (Wildman–Crippen LogP) is 10.2. The van der Waals surface area contributed by atoms with Crippen LogP contribution >= 0.6 is 0 Å². The minimum atomic E-state index is 0.340. The molecule has 0 bridgehead atoms. The van der Waals surface area contributed by atoms with Crippen LogP contribution in [0.1, 0.15) is 139 Å². The lowest BCUT2D eigenvalue weighted by Gasteiger charge is -2.29. The molecule has 0 heteroatoms. The van der Waals surface area contributed by atoms with Gasteiger partial charge in [-0.1, -0.05) is 138 Å². The summed E-state index contributed by atoms with van der Waals surface area (Å²) in [5.41, 5.74) is 0.340. The monoisotopic (exact) mass is 392 g/mol. The van der Waals surface area contributed by atoms with Gasteiger partial charge in [-0.2, -0.15) is 0 Å². The molecule has 0 aliphatic heterocycles. The maximum absolute atomic E-state index is 2.52. The van der Waals surface area contributed by atoms with Crippen LogP contribution in [-0.4, -0.2) is 0 Å². The zero-order chi connectivity index (χ0) is 21.4. The second-order valence-electron chi connectivity index (χ2n) is 10.8. The Labute approximate surface area is 180 Å². The zero-order valence-electron chi connectivity index (χ0n) is 21.2. The maximum Gasteiger partial charge on any atom is -0.0149 e. The van der Waals surface area contributed by atoms with Crippen molar-refractivity contribution in [3.05, 3.63) is 12.2 Å². The standard InChI is InChI=1S/C28H56/c1-9-17-27(10-2)22-16-23-28(7,8)26(6)21-15-14-20-25(5)19-13-11-12-18-24(3)4/h16,23-27H,9-15,17-22H2,1-8H3. The van der Waals surface area contributed by atoms with E-state index in [0.717, 1.165) is 23.7 Å². The minimum Gasteiger partial charge on any atom is -0.0877 e. The molecular formula is C28H56. The quantitative estimate of drug-likeness (QED) is 0.161.